The van der Waals surface area contributed by atoms with Gasteiger partial charge < -0.3 is 15.1 Å². The van der Waals surface area contributed by atoms with Crippen LogP contribution < -0.4 is 10.2 Å². The van der Waals surface area contributed by atoms with Crippen LogP contribution in [0.2, 0.25) is 0 Å². The topological polar surface area (TPSA) is 69.7 Å². The van der Waals surface area contributed by atoms with E-state index in [1.165, 1.54) is 22.2 Å². The van der Waals surface area contributed by atoms with Gasteiger partial charge in [0.05, 0.1) is 11.4 Å². The minimum absolute atomic E-state index is 0.00911. The van der Waals surface area contributed by atoms with Gasteiger partial charge in [0.1, 0.15) is 6.54 Å². The third-order valence-electron chi connectivity index (χ3n) is 5.95. The lowest BCUT2D eigenvalue weighted by atomic mass is 10.0. The monoisotopic (exact) mass is 451 g/mol. The number of hydrogen-bond donors (Lipinski definition) is 1. The molecule has 3 amide bonds. The van der Waals surface area contributed by atoms with Crippen LogP contribution in [0.4, 0.5) is 11.4 Å². The predicted molar refractivity (Wildman–Crippen MR) is 128 cm³/mol. The normalized spacial score (nSPS) is 16.2. The highest BCUT2D eigenvalue weighted by Crippen LogP contribution is 2.36. The second-order valence-electron chi connectivity index (χ2n) is 8.63. The Balaban J connectivity index is 1.50. The highest BCUT2D eigenvalue weighted by Gasteiger charge is 2.28. The number of nitrogens with one attached hydrogen (secondary N) is 1. The fourth-order valence-corrected chi connectivity index (χ4v) is 5.00. The summed E-state index contributed by atoms with van der Waals surface area (Å²) < 4.78 is 0. The van der Waals surface area contributed by atoms with Crippen molar-refractivity contribution in [2.24, 2.45) is 0 Å². The van der Waals surface area contributed by atoms with Crippen LogP contribution in [0.5, 0.6) is 0 Å². The van der Waals surface area contributed by atoms with Gasteiger partial charge in [-0.1, -0.05) is 26.0 Å². The molecule has 4 rings (SSSR count). The number of rotatable bonds is 5. The zero-order valence-electron chi connectivity index (χ0n) is 18.6. The summed E-state index contributed by atoms with van der Waals surface area (Å²) in [4.78, 5) is 42.6. The lowest BCUT2D eigenvalue weighted by Crippen LogP contribution is -2.41. The smallest absolute Gasteiger partial charge is 0.253 e. The van der Waals surface area contributed by atoms with Crippen LogP contribution in [0.1, 0.15) is 54.9 Å². The van der Waals surface area contributed by atoms with E-state index < -0.39 is 0 Å². The van der Waals surface area contributed by atoms with Crippen molar-refractivity contribution in [3.8, 4) is 0 Å². The first kappa shape index (κ1) is 22.4. The summed E-state index contributed by atoms with van der Waals surface area (Å²) in [7, 11) is 0. The van der Waals surface area contributed by atoms with E-state index in [0.717, 1.165) is 37.2 Å². The molecule has 2 aliphatic heterocycles. The Morgan fingerprint density at radius 3 is 2.44 bits per heavy atom. The van der Waals surface area contributed by atoms with Crippen LogP contribution in [-0.4, -0.2) is 48.0 Å². The van der Waals surface area contributed by atoms with Crippen molar-refractivity contribution in [2.45, 2.75) is 43.9 Å². The van der Waals surface area contributed by atoms with Gasteiger partial charge in [0.25, 0.3) is 5.91 Å². The Morgan fingerprint density at radius 2 is 1.75 bits per heavy atom. The van der Waals surface area contributed by atoms with Gasteiger partial charge in [-0.3, -0.25) is 14.4 Å². The van der Waals surface area contributed by atoms with Gasteiger partial charge in [0.15, 0.2) is 0 Å². The average molecular weight is 452 g/mol. The highest BCUT2D eigenvalue weighted by atomic mass is 32.2. The quantitative estimate of drug-likeness (QED) is 0.726. The number of piperidine rings is 1. The zero-order chi connectivity index (χ0) is 22.7. The second kappa shape index (κ2) is 9.77. The summed E-state index contributed by atoms with van der Waals surface area (Å²) in [5.74, 6) is 0.298. The molecule has 1 saturated heterocycles. The van der Waals surface area contributed by atoms with Crippen LogP contribution in [-0.2, 0) is 9.59 Å². The fraction of sp³-hybridized carbons (Fsp3) is 0.400. The Hall–Kier alpha value is -2.80. The lowest BCUT2D eigenvalue weighted by molar-refractivity contribution is -0.120. The van der Waals surface area contributed by atoms with Crippen molar-refractivity contribution < 1.29 is 14.4 Å². The van der Waals surface area contributed by atoms with Gasteiger partial charge in [-0.2, -0.15) is 0 Å². The maximum atomic E-state index is 12.9. The molecule has 0 aliphatic carbocycles. The number of carbonyl (C=O) groups excluding carboxylic acids is 3. The van der Waals surface area contributed by atoms with Crippen molar-refractivity contribution >= 4 is 40.9 Å². The number of fused-ring (bicyclic) bond motifs is 1. The Kier molecular flexibility index (Phi) is 6.84. The van der Waals surface area contributed by atoms with E-state index in [2.05, 4.69) is 19.2 Å². The van der Waals surface area contributed by atoms with E-state index in [0.29, 0.717) is 22.9 Å². The number of likely N-dealkylation sites (tertiary alicyclic amines) is 1. The first-order valence-corrected chi connectivity index (χ1v) is 12.2. The first-order valence-electron chi connectivity index (χ1n) is 11.2. The number of anilines is 2. The van der Waals surface area contributed by atoms with E-state index in [-0.39, 0.29) is 30.0 Å². The number of thioether (sulfide) groups is 1. The van der Waals surface area contributed by atoms with Gasteiger partial charge in [-0.05, 0) is 61.1 Å². The molecule has 1 fully saturated rings. The van der Waals surface area contributed by atoms with Gasteiger partial charge in [0.2, 0.25) is 11.8 Å². The summed E-state index contributed by atoms with van der Waals surface area (Å²) in [6, 6.07) is 13.2. The molecule has 0 spiro atoms. The zero-order valence-corrected chi connectivity index (χ0v) is 19.4. The Morgan fingerprint density at radius 1 is 1.03 bits per heavy atom. The molecule has 0 bridgehead atoms. The summed E-state index contributed by atoms with van der Waals surface area (Å²) >= 11 is 1.44. The van der Waals surface area contributed by atoms with Gasteiger partial charge >= 0.3 is 0 Å². The summed E-state index contributed by atoms with van der Waals surface area (Å²) in [5.41, 5.74) is 3.11. The molecule has 2 heterocycles. The van der Waals surface area contributed by atoms with Crippen LogP contribution >= 0.6 is 11.8 Å². The molecule has 1 N–H and O–H groups in total. The van der Waals surface area contributed by atoms with E-state index in [1.54, 1.807) is 6.07 Å². The average Bonchev–Trinajstić information content (AvgIpc) is 2.81. The highest BCUT2D eigenvalue weighted by molar-refractivity contribution is 8.00. The van der Waals surface area contributed by atoms with Crippen molar-refractivity contribution in [3.05, 3.63) is 53.6 Å². The number of hydrogen-bond acceptors (Lipinski definition) is 4. The van der Waals surface area contributed by atoms with Gasteiger partial charge in [-0.25, -0.2) is 0 Å². The van der Waals surface area contributed by atoms with Crippen molar-refractivity contribution in [1.29, 1.82) is 0 Å². The van der Waals surface area contributed by atoms with E-state index in [4.69, 9.17) is 0 Å². The molecule has 32 heavy (non-hydrogen) atoms. The molecule has 0 radical (unpaired) electrons. The molecule has 0 unspecified atom stereocenters. The number of amides is 3. The number of nitrogens with zero attached hydrogens (tertiary/aromatic N) is 2. The van der Waals surface area contributed by atoms with Crippen molar-refractivity contribution in [2.75, 3.05) is 35.6 Å². The van der Waals surface area contributed by atoms with Crippen LogP contribution in [0.3, 0.4) is 0 Å². The van der Waals surface area contributed by atoms with Crippen LogP contribution in [0.25, 0.3) is 0 Å². The molecule has 2 aliphatic rings. The molecule has 0 atom stereocenters. The van der Waals surface area contributed by atoms with E-state index in [1.807, 2.05) is 41.3 Å². The van der Waals surface area contributed by atoms with Gasteiger partial charge in [0, 0.05) is 29.2 Å². The van der Waals surface area contributed by atoms with E-state index >= 15 is 0 Å². The molecule has 6 nitrogen and oxygen atoms in total. The molecule has 2 aromatic rings. The molecule has 7 heteroatoms. The standard InChI is InChI=1S/C25H29N3O3S/c1-17(2)18-6-9-20(10-7-18)26-23(29)15-28-21-14-19(8-11-22(21)32-16-24(28)30)25(31)27-12-4-3-5-13-27/h6-11,14,17H,3-5,12-13,15-16H2,1-2H3,(H,26,29). The molecular formula is C25H29N3O3S. The molecule has 0 aromatic heterocycles. The third-order valence-corrected chi connectivity index (χ3v) is 7.00. The second-order valence-corrected chi connectivity index (χ2v) is 9.65. The largest absolute Gasteiger partial charge is 0.339 e. The summed E-state index contributed by atoms with van der Waals surface area (Å²) in [6.07, 6.45) is 3.20. The number of carbonyl (C=O) groups is 3. The maximum Gasteiger partial charge on any atom is 0.253 e. The fourth-order valence-electron chi connectivity index (χ4n) is 4.08. The third kappa shape index (κ3) is 4.99. The number of benzene rings is 2. The maximum absolute atomic E-state index is 12.9. The summed E-state index contributed by atoms with van der Waals surface area (Å²) in [6.45, 7) is 5.70. The summed E-state index contributed by atoms with van der Waals surface area (Å²) in [5, 5.41) is 2.88. The SMILES string of the molecule is CC(C)c1ccc(NC(=O)CN2C(=O)CSc3ccc(C(=O)N4CCCCC4)cc32)cc1. The molecule has 0 saturated carbocycles. The minimum atomic E-state index is -0.263. The molecule has 2 aromatic carbocycles. The molecular weight excluding hydrogens is 422 g/mol. The minimum Gasteiger partial charge on any atom is -0.339 e. The van der Waals surface area contributed by atoms with Crippen molar-refractivity contribution in [3.63, 3.8) is 0 Å². The van der Waals surface area contributed by atoms with Crippen LogP contribution in [0, 0.1) is 0 Å². The van der Waals surface area contributed by atoms with Gasteiger partial charge in [-0.15, -0.1) is 11.8 Å². The van der Waals surface area contributed by atoms with Crippen LogP contribution in [0.15, 0.2) is 47.4 Å². The lowest BCUT2D eigenvalue weighted by Gasteiger charge is -2.30. The Bertz CT molecular complexity index is 1010. The van der Waals surface area contributed by atoms with Crippen molar-refractivity contribution in [1.82, 2.24) is 4.90 Å². The van der Waals surface area contributed by atoms with E-state index in [9.17, 15) is 14.4 Å². The predicted octanol–water partition coefficient (Wildman–Crippen LogP) is 4.51. The molecule has 168 valence electrons. The first-order chi connectivity index (χ1) is 15.4. The Labute approximate surface area is 193 Å².